The van der Waals surface area contributed by atoms with Crippen molar-refractivity contribution in [3.63, 3.8) is 0 Å². The molecule has 1 saturated heterocycles. The van der Waals surface area contributed by atoms with Crippen LogP contribution < -0.4 is 10.2 Å². The lowest BCUT2D eigenvalue weighted by atomic mass is 10.0. The molecule has 6 nitrogen and oxygen atoms in total. The zero-order valence-corrected chi connectivity index (χ0v) is 14.8. The van der Waals surface area contributed by atoms with Crippen LogP contribution in [0.5, 0.6) is 0 Å². The number of aromatic nitrogens is 2. The third-order valence-corrected chi connectivity index (χ3v) is 5.07. The summed E-state index contributed by atoms with van der Waals surface area (Å²) in [5.41, 5.74) is 4.24. The molecule has 2 unspecified atom stereocenters. The van der Waals surface area contributed by atoms with Crippen LogP contribution in [0.1, 0.15) is 40.7 Å². The fourth-order valence-corrected chi connectivity index (χ4v) is 3.35. The number of aryl methyl sites for hydroxylation is 2. The van der Waals surface area contributed by atoms with Crippen molar-refractivity contribution in [1.82, 2.24) is 15.3 Å². The highest BCUT2D eigenvalue weighted by molar-refractivity contribution is 5.93. The quantitative estimate of drug-likeness (QED) is 0.898. The fourth-order valence-electron chi connectivity index (χ4n) is 3.35. The van der Waals surface area contributed by atoms with Crippen LogP contribution in [0.4, 0.5) is 5.69 Å². The monoisotopic (exact) mass is 337 g/mol. The van der Waals surface area contributed by atoms with Crippen molar-refractivity contribution in [3.05, 3.63) is 47.0 Å². The van der Waals surface area contributed by atoms with Gasteiger partial charge in [-0.3, -0.25) is 9.78 Å². The molecule has 25 heavy (non-hydrogen) atoms. The fraction of sp³-hybridized carbons (Fsp3) is 0.421. The lowest BCUT2D eigenvalue weighted by Gasteiger charge is -2.23. The van der Waals surface area contributed by atoms with E-state index >= 15 is 0 Å². The van der Waals surface area contributed by atoms with Crippen molar-refractivity contribution >= 4 is 11.6 Å². The van der Waals surface area contributed by atoms with E-state index in [-0.39, 0.29) is 11.9 Å². The Morgan fingerprint density at radius 2 is 2.32 bits per heavy atom. The minimum absolute atomic E-state index is 0.0637. The van der Waals surface area contributed by atoms with Gasteiger partial charge in [0.2, 0.25) is 0 Å². The number of anilines is 1. The molecule has 1 aliphatic heterocycles. The number of nitriles is 1. The topological polar surface area (TPSA) is 84.8 Å². The molecule has 3 heterocycles. The second-order valence-corrected chi connectivity index (χ2v) is 6.75. The lowest BCUT2D eigenvalue weighted by Crippen LogP contribution is -2.39. The number of amides is 1. The van der Waals surface area contributed by atoms with Crippen molar-refractivity contribution in [3.8, 4) is 6.07 Å². The van der Waals surface area contributed by atoms with Gasteiger partial charge in [0.1, 0.15) is 11.8 Å². The van der Waals surface area contributed by atoms with Gasteiger partial charge in [-0.05, 0) is 50.8 Å². The standard InChI is InChI=1S/C19H23N5O/c1-12-8-17(22-13(12)2)19(25)23-14(3)15-5-7-24(11-15)18-4-6-21-10-16(18)9-20/h4,6,8,10,14-15,22H,5,7,11H2,1-3H3,(H,23,25). The minimum Gasteiger partial charge on any atom is -0.370 e. The Hall–Kier alpha value is -2.81. The summed E-state index contributed by atoms with van der Waals surface area (Å²) in [6, 6.07) is 6.03. The zero-order valence-electron chi connectivity index (χ0n) is 14.8. The summed E-state index contributed by atoms with van der Waals surface area (Å²) in [5.74, 6) is 0.282. The SMILES string of the molecule is Cc1cc(C(=O)NC(C)C2CCN(c3ccncc3C#N)C2)[nH]c1C. The molecule has 0 saturated carbocycles. The van der Waals surface area contributed by atoms with Crippen molar-refractivity contribution < 1.29 is 4.79 Å². The van der Waals surface area contributed by atoms with E-state index in [1.54, 1.807) is 12.4 Å². The molecule has 0 aliphatic carbocycles. The first-order valence-electron chi connectivity index (χ1n) is 8.55. The van der Waals surface area contributed by atoms with Gasteiger partial charge in [0.15, 0.2) is 0 Å². The van der Waals surface area contributed by atoms with Gasteiger partial charge in [0, 0.05) is 37.2 Å². The molecular weight excluding hydrogens is 314 g/mol. The maximum absolute atomic E-state index is 12.4. The normalized spacial score (nSPS) is 18.0. The third kappa shape index (κ3) is 3.50. The number of hydrogen-bond donors (Lipinski definition) is 2. The second kappa shape index (κ2) is 6.98. The molecule has 1 aliphatic rings. The third-order valence-electron chi connectivity index (χ3n) is 5.07. The number of hydrogen-bond acceptors (Lipinski definition) is 4. The number of carbonyl (C=O) groups is 1. The van der Waals surface area contributed by atoms with Crippen LogP contribution in [-0.4, -0.2) is 35.0 Å². The van der Waals surface area contributed by atoms with Gasteiger partial charge in [-0.1, -0.05) is 0 Å². The lowest BCUT2D eigenvalue weighted by molar-refractivity contribution is 0.0924. The predicted molar refractivity (Wildman–Crippen MR) is 96.5 cm³/mol. The highest BCUT2D eigenvalue weighted by Crippen LogP contribution is 2.27. The molecule has 0 radical (unpaired) electrons. The van der Waals surface area contributed by atoms with E-state index in [4.69, 9.17) is 0 Å². The van der Waals surface area contributed by atoms with Gasteiger partial charge < -0.3 is 15.2 Å². The van der Waals surface area contributed by atoms with Crippen molar-refractivity contribution in [2.45, 2.75) is 33.2 Å². The van der Waals surface area contributed by atoms with Crippen molar-refractivity contribution in [2.75, 3.05) is 18.0 Å². The molecule has 1 fully saturated rings. The molecule has 2 atom stereocenters. The average Bonchev–Trinajstić information content (AvgIpc) is 3.22. The van der Waals surface area contributed by atoms with E-state index in [1.807, 2.05) is 32.9 Å². The molecule has 2 aromatic heterocycles. The van der Waals surface area contributed by atoms with Gasteiger partial charge in [-0.2, -0.15) is 5.26 Å². The summed E-state index contributed by atoms with van der Waals surface area (Å²) >= 11 is 0. The van der Waals surface area contributed by atoms with Crippen LogP contribution in [0.25, 0.3) is 0 Å². The first kappa shape index (κ1) is 17.0. The van der Waals surface area contributed by atoms with Gasteiger partial charge >= 0.3 is 0 Å². The molecule has 2 N–H and O–H groups in total. The molecule has 6 heteroatoms. The van der Waals surface area contributed by atoms with Gasteiger partial charge in [0.05, 0.1) is 11.3 Å². The Labute approximate surface area is 147 Å². The Bertz CT molecular complexity index is 800. The van der Waals surface area contributed by atoms with E-state index in [1.165, 1.54) is 0 Å². The molecule has 0 spiro atoms. The van der Waals surface area contributed by atoms with Crippen LogP contribution in [0.3, 0.4) is 0 Å². The zero-order chi connectivity index (χ0) is 18.0. The molecular formula is C19H23N5O. The number of pyridine rings is 1. The number of carbonyl (C=O) groups excluding carboxylic acids is 1. The number of H-pyrrole nitrogens is 1. The Balaban J connectivity index is 1.63. The molecule has 1 amide bonds. The highest BCUT2D eigenvalue weighted by atomic mass is 16.1. The van der Waals surface area contributed by atoms with E-state index in [2.05, 4.69) is 26.3 Å². The van der Waals surface area contributed by atoms with E-state index < -0.39 is 0 Å². The maximum atomic E-state index is 12.4. The molecule has 130 valence electrons. The maximum Gasteiger partial charge on any atom is 0.267 e. The number of nitrogens with zero attached hydrogens (tertiary/aromatic N) is 3. The molecule has 0 bridgehead atoms. The summed E-state index contributed by atoms with van der Waals surface area (Å²) < 4.78 is 0. The average molecular weight is 337 g/mol. The summed E-state index contributed by atoms with van der Waals surface area (Å²) in [5, 5.41) is 12.4. The van der Waals surface area contributed by atoms with Gasteiger partial charge in [0.25, 0.3) is 5.91 Å². The Kier molecular flexibility index (Phi) is 4.75. The smallest absolute Gasteiger partial charge is 0.267 e. The van der Waals surface area contributed by atoms with E-state index in [0.717, 1.165) is 36.5 Å². The van der Waals surface area contributed by atoms with Crippen molar-refractivity contribution in [2.24, 2.45) is 5.92 Å². The van der Waals surface area contributed by atoms with Crippen LogP contribution >= 0.6 is 0 Å². The van der Waals surface area contributed by atoms with Crippen LogP contribution in [0, 0.1) is 31.1 Å². The Morgan fingerprint density at radius 1 is 1.52 bits per heavy atom. The number of nitrogens with one attached hydrogen (secondary N) is 2. The molecule has 3 rings (SSSR count). The minimum atomic E-state index is -0.0659. The van der Waals surface area contributed by atoms with Gasteiger partial charge in [-0.15, -0.1) is 0 Å². The van der Waals surface area contributed by atoms with E-state index in [0.29, 0.717) is 17.2 Å². The number of aromatic amines is 1. The molecule has 2 aromatic rings. The first-order chi connectivity index (χ1) is 12.0. The second-order valence-electron chi connectivity index (χ2n) is 6.75. The predicted octanol–water partition coefficient (Wildman–Crippen LogP) is 2.54. The van der Waals surface area contributed by atoms with Gasteiger partial charge in [-0.25, -0.2) is 0 Å². The summed E-state index contributed by atoms with van der Waals surface area (Å²) in [4.78, 5) is 21.8. The molecule has 0 aromatic carbocycles. The Morgan fingerprint density at radius 3 is 3.00 bits per heavy atom. The van der Waals surface area contributed by atoms with E-state index in [9.17, 15) is 10.1 Å². The van der Waals surface area contributed by atoms with Crippen LogP contribution in [0.15, 0.2) is 24.5 Å². The van der Waals surface area contributed by atoms with Crippen LogP contribution in [0.2, 0.25) is 0 Å². The van der Waals surface area contributed by atoms with Crippen LogP contribution in [-0.2, 0) is 0 Å². The number of rotatable bonds is 4. The highest BCUT2D eigenvalue weighted by Gasteiger charge is 2.29. The first-order valence-corrected chi connectivity index (χ1v) is 8.55. The summed E-state index contributed by atoms with van der Waals surface area (Å²) in [6.07, 6.45) is 4.30. The summed E-state index contributed by atoms with van der Waals surface area (Å²) in [7, 11) is 0. The van der Waals surface area contributed by atoms with Crippen molar-refractivity contribution in [1.29, 1.82) is 5.26 Å². The summed E-state index contributed by atoms with van der Waals surface area (Å²) in [6.45, 7) is 7.70. The largest absolute Gasteiger partial charge is 0.370 e.